The van der Waals surface area contributed by atoms with Gasteiger partial charge >= 0.3 is 5.69 Å². The number of nitro benzene ring substituents is 2. The zero-order valence-corrected chi connectivity index (χ0v) is 20.3. The summed E-state index contributed by atoms with van der Waals surface area (Å²) in [7, 11) is 1.40. The number of amides is 1. The number of nitro groups is 2. The number of methoxy groups -OCH3 is 1. The highest BCUT2D eigenvalue weighted by Gasteiger charge is 2.32. The summed E-state index contributed by atoms with van der Waals surface area (Å²) in [4.78, 5) is 35.9. The van der Waals surface area contributed by atoms with Crippen LogP contribution in [0.25, 0.3) is 6.08 Å². The zero-order valence-electron chi connectivity index (χ0n) is 18.7. The second-order valence-corrected chi connectivity index (χ2v) is 9.11. The first-order valence-corrected chi connectivity index (χ1v) is 11.6. The van der Waals surface area contributed by atoms with Crippen molar-refractivity contribution in [3.63, 3.8) is 0 Å². The van der Waals surface area contributed by atoms with Crippen LogP contribution in [0.3, 0.4) is 0 Å². The number of hydrogen-bond donors (Lipinski definition) is 0. The van der Waals surface area contributed by atoms with Crippen molar-refractivity contribution >= 4 is 51.7 Å². The van der Waals surface area contributed by atoms with E-state index in [4.69, 9.17) is 21.7 Å². The molecule has 36 heavy (non-hydrogen) atoms. The fraction of sp³-hybridized carbons (Fsp3) is 0.0833. The van der Waals surface area contributed by atoms with Crippen molar-refractivity contribution in [1.82, 2.24) is 4.90 Å². The van der Waals surface area contributed by atoms with Gasteiger partial charge in [-0.2, -0.15) is 0 Å². The number of rotatable bonds is 8. The Morgan fingerprint density at radius 1 is 0.972 bits per heavy atom. The maximum Gasteiger partial charge on any atom is 0.318 e. The summed E-state index contributed by atoms with van der Waals surface area (Å²) in [5, 5.41) is 22.5. The van der Waals surface area contributed by atoms with Crippen molar-refractivity contribution in [2.45, 2.75) is 6.54 Å². The Balaban J connectivity index is 1.62. The van der Waals surface area contributed by atoms with Crippen molar-refractivity contribution < 1.29 is 24.1 Å². The van der Waals surface area contributed by atoms with Crippen molar-refractivity contribution in [2.75, 3.05) is 7.11 Å². The van der Waals surface area contributed by atoms with Gasteiger partial charge in [-0.1, -0.05) is 60.4 Å². The van der Waals surface area contributed by atoms with Gasteiger partial charge in [0.05, 0.1) is 34.5 Å². The molecule has 10 nitrogen and oxygen atoms in total. The van der Waals surface area contributed by atoms with E-state index < -0.39 is 21.2 Å². The van der Waals surface area contributed by atoms with E-state index in [1.54, 1.807) is 24.3 Å². The van der Waals surface area contributed by atoms with Crippen LogP contribution < -0.4 is 9.47 Å². The highest BCUT2D eigenvalue weighted by molar-refractivity contribution is 8.26. The summed E-state index contributed by atoms with van der Waals surface area (Å²) in [6.45, 7) is 0.351. The van der Waals surface area contributed by atoms with Crippen LogP contribution in [0.1, 0.15) is 11.1 Å². The Labute approximate surface area is 214 Å². The normalized spacial score (nSPS) is 14.2. The fourth-order valence-corrected chi connectivity index (χ4v) is 4.64. The quantitative estimate of drug-likeness (QED) is 0.158. The zero-order chi connectivity index (χ0) is 25.8. The molecule has 0 radical (unpaired) electrons. The lowest BCUT2D eigenvalue weighted by Gasteiger charge is -2.14. The molecule has 0 saturated carbocycles. The van der Waals surface area contributed by atoms with Crippen molar-refractivity contribution in [3.05, 3.63) is 103 Å². The molecule has 4 rings (SSSR count). The number of benzene rings is 3. The molecule has 0 aromatic heterocycles. The second-order valence-electron chi connectivity index (χ2n) is 7.43. The lowest BCUT2D eigenvalue weighted by atomic mass is 10.1. The lowest BCUT2D eigenvalue weighted by molar-refractivity contribution is -0.394. The SMILES string of the molecule is COc1ccc(/C=C2/SC(=S)N(Cc3ccccc3)C2=O)cc1Oc1ccc([N+](=O)[O-])cc1[N+](=O)[O-]. The Morgan fingerprint density at radius 2 is 1.69 bits per heavy atom. The van der Waals surface area contributed by atoms with Gasteiger partial charge in [0, 0.05) is 6.07 Å². The summed E-state index contributed by atoms with van der Waals surface area (Å²) in [5.41, 5.74) is 0.501. The van der Waals surface area contributed by atoms with Crippen LogP contribution >= 0.6 is 24.0 Å². The number of non-ortho nitro benzene ring substituents is 1. The molecule has 0 unspecified atom stereocenters. The summed E-state index contributed by atoms with van der Waals surface area (Å²) in [5.74, 6) is -0.0345. The summed E-state index contributed by atoms with van der Waals surface area (Å²) < 4.78 is 11.5. The maximum atomic E-state index is 13.0. The Bertz CT molecular complexity index is 1410. The number of carbonyl (C=O) groups is 1. The first kappa shape index (κ1) is 24.8. The van der Waals surface area contributed by atoms with Crippen LogP contribution in [0.4, 0.5) is 11.4 Å². The summed E-state index contributed by atoms with van der Waals surface area (Å²) in [6, 6.07) is 17.4. The van der Waals surface area contributed by atoms with Crippen LogP contribution in [0.2, 0.25) is 0 Å². The minimum atomic E-state index is -0.767. The van der Waals surface area contributed by atoms with Crippen LogP contribution in [0, 0.1) is 20.2 Å². The number of ether oxygens (including phenoxy) is 2. The maximum absolute atomic E-state index is 13.0. The van der Waals surface area contributed by atoms with Gasteiger partial charge in [-0.05, 0) is 35.4 Å². The molecule has 1 aliphatic rings. The molecule has 1 fully saturated rings. The van der Waals surface area contributed by atoms with Gasteiger partial charge in [0.25, 0.3) is 11.6 Å². The minimum Gasteiger partial charge on any atom is -0.493 e. The van der Waals surface area contributed by atoms with E-state index >= 15 is 0 Å². The van der Waals surface area contributed by atoms with Crippen molar-refractivity contribution in [3.8, 4) is 17.2 Å². The van der Waals surface area contributed by atoms with Gasteiger partial charge in [-0.3, -0.25) is 29.9 Å². The minimum absolute atomic E-state index is 0.128. The number of hydrogen-bond acceptors (Lipinski definition) is 9. The third-order valence-electron chi connectivity index (χ3n) is 5.11. The highest BCUT2D eigenvalue weighted by atomic mass is 32.2. The van der Waals surface area contributed by atoms with Gasteiger partial charge < -0.3 is 9.47 Å². The molecule has 12 heteroatoms. The molecule has 1 amide bonds. The van der Waals surface area contributed by atoms with E-state index in [2.05, 4.69) is 0 Å². The van der Waals surface area contributed by atoms with Gasteiger partial charge in [-0.25, -0.2) is 0 Å². The van der Waals surface area contributed by atoms with E-state index in [1.165, 1.54) is 23.8 Å². The molecule has 0 N–H and O–H groups in total. The predicted octanol–water partition coefficient (Wildman–Crippen LogP) is 5.71. The van der Waals surface area contributed by atoms with E-state index in [1.807, 2.05) is 30.3 Å². The second kappa shape index (κ2) is 10.5. The largest absolute Gasteiger partial charge is 0.493 e. The Hall–Kier alpha value is -4.29. The molecule has 1 saturated heterocycles. The molecule has 0 spiro atoms. The van der Waals surface area contributed by atoms with E-state index in [-0.39, 0.29) is 23.2 Å². The average Bonchev–Trinajstić information content (AvgIpc) is 3.12. The van der Waals surface area contributed by atoms with Gasteiger partial charge in [0.1, 0.15) is 4.32 Å². The molecule has 1 heterocycles. The smallest absolute Gasteiger partial charge is 0.318 e. The fourth-order valence-electron chi connectivity index (χ4n) is 3.38. The monoisotopic (exact) mass is 523 g/mol. The first-order chi connectivity index (χ1) is 17.3. The molecule has 1 aliphatic heterocycles. The Morgan fingerprint density at radius 3 is 2.36 bits per heavy atom. The van der Waals surface area contributed by atoms with E-state index in [0.29, 0.717) is 21.3 Å². The van der Waals surface area contributed by atoms with Gasteiger partial charge in [-0.15, -0.1) is 0 Å². The Kier molecular flexibility index (Phi) is 7.27. The van der Waals surface area contributed by atoms with Crippen LogP contribution in [0.15, 0.2) is 71.6 Å². The van der Waals surface area contributed by atoms with Gasteiger partial charge in [0.15, 0.2) is 11.5 Å². The molecular weight excluding hydrogens is 506 g/mol. The average molecular weight is 524 g/mol. The van der Waals surface area contributed by atoms with Crippen LogP contribution in [0.5, 0.6) is 17.2 Å². The van der Waals surface area contributed by atoms with Crippen LogP contribution in [-0.2, 0) is 11.3 Å². The molecule has 0 bridgehead atoms. The van der Waals surface area contributed by atoms with Gasteiger partial charge in [0.2, 0.25) is 5.75 Å². The van der Waals surface area contributed by atoms with Crippen molar-refractivity contribution in [2.24, 2.45) is 0 Å². The molecular formula is C24H17N3O7S2. The first-order valence-electron chi connectivity index (χ1n) is 10.3. The molecule has 182 valence electrons. The third-order valence-corrected chi connectivity index (χ3v) is 6.49. The van der Waals surface area contributed by atoms with Crippen LogP contribution in [-0.4, -0.2) is 32.1 Å². The molecule has 3 aromatic rings. The predicted molar refractivity (Wildman–Crippen MR) is 138 cm³/mol. The topological polar surface area (TPSA) is 125 Å². The number of thiocarbonyl (C=S) groups is 1. The van der Waals surface area contributed by atoms with E-state index in [0.717, 1.165) is 23.8 Å². The summed E-state index contributed by atoms with van der Waals surface area (Å²) in [6.07, 6.45) is 1.64. The highest BCUT2D eigenvalue weighted by Crippen LogP contribution is 2.40. The molecule has 0 atom stereocenters. The number of nitrogens with zero attached hydrogens (tertiary/aromatic N) is 3. The molecule has 3 aromatic carbocycles. The number of carbonyl (C=O) groups excluding carboxylic acids is 1. The molecule has 0 aliphatic carbocycles. The number of thioether (sulfide) groups is 1. The summed E-state index contributed by atoms with van der Waals surface area (Å²) >= 11 is 6.57. The third kappa shape index (κ3) is 5.34. The van der Waals surface area contributed by atoms with Crippen molar-refractivity contribution in [1.29, 1.82) is 0 Å². The lowest BCUT2D eigenvalue weighted by Crippen LogP contribution is -2.27. The van der Waals surface area contributed by atoms with E-state index in [9.17, 15) is 25.0 Å². The standard InChI is InChI=1S/C24H17N3O7S2/c1-33-20-9-7-16(11-21(20)34-19-10-8-17(26(29)30)13-18(19)27(31)32)12-22-23(28)25(24(35)36-22)14-15-5-3-2-4-6-15/h2-13H,14H2,1H3/b22-12+.